The second-order valence-electron chi connectivity index (χ2n) is 4.48. The summed E-state index contributed by atoms with van der Waals surface area (Å²) in [4.78, 5) is 15.1. The summed E-state index contributed by atoms with van der Waals surface area (Å²) in [6.07, 6.45) is -1.54. The standard InChI is InChI=1S/C11H10F3N5O/c12-11(13,14)8-4-7-10(15-1-2-19(7)18-8)17-6-3-9(20)16-5-6/h1-2,4,6H,3,5H2,(H,15,17)(H,16,20). The number of anilines is 1. The molecule has 0 bridgehead atoms. The van der Waals surface area contributed by atoms with Gasteiger partial charge in [0.1, 0.15) is 5.52 Å². The van der Waals surface area contributed by atoms with E-state index in [2.05, 4.69) is 20.7 Å². The number of alkyl halides is 3. The van der Waals surface area contributed by atoms with Gasteiger partial charge in [-0.15, -0.1) is 0 Å². The molecule has 1 fully saturated rings. The number of halogens is 3. The van der Waals surface area contributed by atoms with Crippen LogP contribution in [0.15, 0.2) is 18.5 Å². The molecule has 1 unspecified atom stereocenters. The van der Waals surface area contributed by atoms with Crippen molar-refractivity contribution in [2.45, 2.75) is 18.6 Å². The van der Waals surface area contributed by atoms with Gasteiger partial charge < -0.3 is 10.6 Å². The fourth-order valence-electron chi connectivity index (χ4n) is 2.07. The van der Waals surface area contributed by atoms with Crippen LogP contribution in [0.4, 0.5) is 19.0 Å². The highest BCUT2D eigenvalue weighted by Gasteiger charge is 2.34. The number of carbonyl (C=O) groups is 1. The lowest BCUT2D eigenvalue weighted by atomic mass is 10.2. The third-order valence-corrected chi connectivity index (χ3v) is 3.00. The Kier molecular flexibility index (Phi) is 2.77. The number of aromatic nitrogens is 3. The molecule has 1 aliphatic heterocycles. The number of nitrogens with one attached hydrogen (secondary N) is 2. The van der Waals surface area contributed by atoms with Gasteiger partial charge in [-0.05, 0) is 0 Å². The number of fused-ring (bicyclic) bond motifs is 1. The first-order valence-corrected chi connectivity index (χ1v) is 5.88. The fourth-order valence-corrected chi connectivity index (χ4v) is 2.07. The Morgan fingerprint density at radius 2 is 2.25 bits per heavy atom. The SMILES string of the molecule is O=C1CC(Nc2nccn3nc(C(F)(F)F)cc23)CN1. The number of amides is 1. The highest BCUT2D eigenvalue weighted by atomic mass is 19.4. The van der Waals surface area contributed by atoms with Crippen molar-refractivity contribution in [2.75, 3.05) is 11.9 Å². The lowest BCUT2D eigenvalue weighted by Crippen LogP contribution is -2.23. The lowest BCUT2D eigenvalue weighted by Gasteiger charge is -2.11. The van der Waals surface area contributed by atoms with Gasteiger partial charge in [0.15, 0.2) is 11.5 Å². The quantitative estimate of drug-likeness (QED) is 0.865. The van der Waals surface area contributed by atoms with E-state index < -0.39 is 11.9 Å². The van der Waals surface area contributed by atoms with Gasteiger partial charge in [-0.1, -0.05) is 0 Å². The van der Waals surface area contributed by atoms with Crippen molar-refractivity contribution in [1.82, 2.24) is 19.9 Å². The van der Waals surface area contributed by atoms with Crippen molar-refractivity contribution in [2.24, 2.45) is 0 Å². The molecule has 1 amide bonds. The van der Waals surface area contributed by atoms with Crippen LogP contribution >= 0.6 is 0 Å². The normalized spacial score (nSPS) is 19.4. The van der Waals surface area contributed by atoms with Gasteiger partial charge in [0, 0.05) is 31.4 Å². The van der Waals surface area contributed by atoms with E-state index in [1.165, 1.54) is 12.4 Å². The van der Waals surface area contributed by atoms with Crippen LogP contribution in [0.1, 0.15) is 12.1 Å². The number of hydrogen-bond acceptors (Lipinski definition) is 4. The van der Waals surface area contributed by atoms with Crippen molar-refractivity contribution in [3.63, 3.8) is 0 Å². The average molecular weight is 285 g/mol. The number of hydrogen-bond donors (Lipinski definition) is 2. The van der Waals surface area contributed by atoms with Crippen LogP contribution < -0.4 is 10.6 Å². The molecule has 106 valence electrons. The molecule has 1 aliphatic rings. The van der Waals surface area contributed by atoms with Crippen LogP contribution in [-0.2, 0) is 11.0 Å². The van der Waals surface area contributed by atoms with Gasteiger partial charge in [-0.2, -0.15) is 18.3 Å². The van der Waals surface area contributed by atoms with Crippen molar-refractivity contribution < 1.29 is 18.0 Å². The zero-order valence-electron chi connectivity index (χ0n) is 10.1. The predicted molar refractivity (Wildman–Crippen MR) is 63.0 cm³/mol. The summed E-state index contributed by atoms with van der Waals surface area (Å²) in [6, 6.07) is 0.741. The highest BCUT2D eigenvalue weighted by molar-refractivity contribution is 5.80. The zero-order valence-corrected chi connectivity index (χ0v) is 10.1. The minimum absolute atomic E-state index is 0.0982. The summed E-state index contributed by atoms with van der Waals surface area (Å²) in [6.45, 7) is 0.418. The molecule has 0 aromatic carbocycles. The predicted octanol–water partition coefficient (Wildman–Crippen LogP) is 1.05. The van der Waals surface area contributed by atoms with E-state index >= 15 is 0 Å². The van der Waals surface area contributed by atoms with Gasteiger partial charge in [-0.3, -0.25) is 4.79 Å². The van der Waals surface area contributed by atoms with Crippen molar-refractivity contribution in [3.8, 4) is 0 Å². The summed E-state index contributed by atoms with van der Waals surface area (Å²) in [5, 5.41) is 9.06. The first-order valence-electron chi connectivity index (χ1n) is 5.88. The maximum absolute atomic E-state index is 12.6. The Labute approximate surface area is 111 Å². The molecule has 3 rings (SSSR count). The molecule has 1 saturated heterocycles. The van der Waals surface area contributed by atoms with E-state index in [1.54, 1.807) is 0 Å². The molecule has 9 heteroatoms. The summed E-state index contributed by atoms with van der Waals surface area (Å²) >= 11 is 0. The molecule has 6 nitrogen and oxygen atoms in total. The zero-order chi connectivity index (χ0) is 14.3. The average Bonchev–Trinajstić information content (AvgIpc) is 2.95. The molecule has 0 aliphatic carbocycles. The molecular weight excluding hydrogens is 275 g/mol. The van der Waals surface area contributed by atoms with Crippen molar-refractivity contribution >= 4 is 17.2 Å². The fraction of sp³-hybridized carbons (Fsp3) is 0.364. The Morgan fingerprint density at radius 1 is 1.45 bits per heavy atom. The molecule has 20 heavy (non-hydrogen) atoms. The van der Waals surface area contributed by atoms with Crippen LogP contribution in [0, 0.1) is 0 Å². The molecule has 0 radical (unpaired) electrons. The largest absolute Gasteiger partial charge is 0.435 e. The minimum Gasteiger partial charge on any atom is -0.363 e. The van der Waals surface area contributed by atoms with E-state index in [0.29, 0.717) is 6.54 Å². The van der Waals surface area contributed by atoms with Gasteiger partial charge in [0.05, 0.1) is 6.04 Å². The minimum atomic E-state index is -4.51. The van der Waals surface area contributed by atoms with E-state index in [4.69, 9.17) is 0 Å². The van der Waals surface area contributed by atoms with Crippen LogP contribution in [-0.4, -0.2) is 33.1 Å². The third kappa shape index (κ3) is 2.26. The lowest BCUT2D eigenvalue weighted by molar-refractivity contribution is -0.141. The smallest absolute Gasteiger partial charge is 0.363 e. The molecule has 0 spiro atoms. The number of carbonyl (C=O) groups excluding carboxylic acids is 1. The van der Waals surface area contributed by atoms with Crippen molar-refractivity contribution in [3.05, 3.63) is 24.2 Å². The van der Waals surface area contributed by atoms with Gasteiger partial charge in [-0.25, -0.2) is 9.50 Å². The van der Waals surface area contributed by atoms with Gasteiger partial charge >= 0.3 is 6.18 Å². The molecule has 1 atom stereocenters. The topological polar surface area (TPSA) is 71.3 Å². The van der Waals surface area contributed by atoms with Crippen LogP contribution in [0.5, 0.6) is 0 Å². The Bertz CT molecular complexity index is 666. The monoisotopic (exact) mass is 285 g/mol. The first kappa shape index (κ1) is 12.7. The van der Waals surface area contributed by atoms with Crippen molar-refractivity contribution in [1.29, 1.82) is 0 Å². The Morgan fingerprint density at radius 3 is 2.90 bits per heavy atom. The summed E-state index contributed by atoms with van der Waals surface area (Å²) in [7, 11) is 0. The third-order valence-electron chi connectivity index (χ3n) is 3.00. The summed E-state index contributed by atoms with van der Waals surface area (Å²) < 4.78 is 39.0. The van der Waals surface area contributed by atoms with Crippen LogP contribution in [0.2, 0.25) is 0 Å². The summed E-state index contributed by atoms with van der Waals surface area (Å²) in [5.41, 5.74) is -0.756. The Hall–Kier alpha value is -2.32. The van der Waals surface area contributed by atoms with E-state index in [9.17, 15) is 18.0 Å². The second-order valence-corrected chi connectivity index (χ2v) is 4.48. The van der Waals surface area contributed by atoms with Gasteiger partial charge in [0.2, 0.25) is 5.91 Å². The molecule has 2 N–H and O–H groups in total. The maximum atomic E-state index is 12.6. The van der Waals surface area contributed by atoms with Crippen LogP contribution in [0.25, 0.3) is 5.52 Å². The maximum Gasteiger partial charge on any atom is 0.435 e. The van der Waals surface area contributed by atoms with E-state index in [-0.39, 0.29) is 29.7 Å². The number of nitrogens with zero attached hydrogens (tertiary/aromatic N) is 3. The van der Waals surface area contributed by atoms with E-state index in [1.807, 2.05) is 0 Å². The molecule has 3 heterocycles. The highest BCUT2D eigenvalue weighted by Crippen LogP contribution is 2.30. The molecule has 0 saturated carbocycles. The first-order chi connectivity index (χ1) is 9.43. The molecular formula is C11H10F3N5O. The van der Waals surface area contributed by atoms with E-state index in [0.717, 1.165) is 10.6 Å². The molecule has 2 aromatic rings. The molecule has 2 aromatic heterocycles. The summed E-state index contributed by atoms with van der Waals surface area (Å²) in [5.74, 6) is 0.177. The Balaban J connectivity index is 1.94. The second kappa shape index (κ2) is 4.36. The number of rotatable bonds is 2. The van der Waals surface area contributed by atoms with Crippen LogP contribution in [0.3, 0.4) is 0 Å². The van der Waals surface area contributed by atoms with Gasteiger partial charge in [0.25, 0.3) is 0 Å².